The molecule has 2 aromatic heterocycles. The minimum Gasteiger partial charge on any atom is -0.384 e. The number of hydrogen-bond acceptors (Lipinski definition) is 5. The minimum atomic E-state index is -0.654. The molecule has 0 spiro atoms. The zero-order valence-corrected chi connectivity index (χ0v) is 13.6. The third kappa shape index (κ3) is 4.39. The summed E-state index contributed by atoms with van der Waals surface area (Å²) in [6.07, 6.45) is 0.461. The van der Waals surface area contributed by atoms with Gasteiger partial charge in [0.05, 0.1) is 17.4 Å². The van der Waals surface area contributed by atoms with Crippen molar-refractivity contribution in [3.8, 4) is 11.4 Å². The van der Waals surface area contributed by atoms with Crippen LogP contribution in [-0.4, -0.2) is 21.9 Å². The molecule has 25 heavy (non-hydrogen) atoms. The van der Waals surface area contributed by atoms with Crippen molar-refractivity contribution in [3.05, 3.63) is 72.3 Å². The van der Waals surface area contributed by atoms with Crippen molar-refractivity contribution in [2.24, 2.45) is 5.73 Å². The largest absolute Gasteiger partial charge is 0.384 e. The van der Waals surface area contributed by atoms with Gasteiger partial charge in [0.15, 0.2) is 0 Å². The van der Waals surface area contributed by atoms with Crippen LogP contribution in [0.1, 0.15) is 5.56 Å². The number of nitrogens with zero attached hydrogens (tertiary/aromatic N) is 2. The van der Waals surface area contributed by atoms with Gasteiger partial charge >= 0.3 is 0 Å². The lowest BCUT2D eigenvalue weighted by Crippen LogP contribution is -2.37. The van der Waals surface area contributed by atoms with Crippen molar-refractivity contribution >= 4 is 17.5 Å². The number of aromatic nitrogens is 2. The van der Waals surface area contributed by atoms with Crippen LogP contribution in [0.4, 0.5) is 11.6 Å². The molecule has 0 fully saturated rings. The molecule has 0 aliphatic carbocycles. The molecule has 1 atom stereocenters. The third-order valence-electron chi connectivity index (χ3n) is 3.67. The molecule has 1 aromatic carbocycles. The second-order valence-electron chi connectivity index (χ2n) is 5.64. The molecule has 6 heteroatoms. The van der Waals surface area contributed by atoms with E-state index in [0.29, 0.717) is 29.4 Å². The van der Waals surface area contributed by atoms with Crippen LogP contribution in [0.2, 0.25) is 0 Å². The molecule has 0 aliphatic rings. The first-order valence-corrected chi connectivity index (χ1v) is 7.92. The van der Waals surface area contributed by atoms with Crippen LogP contribution >= 0.6 is 0 Å². The first kappa shape index (κ1) is 16.6. The molecule has 2 heterocycles. The highest BCUT2D eigenvalue weighted by Crippen LogP contribution is 2.17. The Hall–Kier alpha value is -3.25. The van der Waals surface area contributed by atoms with E-state index in [0.717, 1.165) is 5.56 Å². The Labute approximate surface area is 145 Å². The SMILES string of the molecule is Nc1cccc(-c2cccc(NC(=O)[C@@H](N)Cc3ccccc3)n2)n1. The van der Waals surface area contributed by atoms with Crippen LogP contribution in [0.5, 0.6) is 0 Å². The fourth-order valence-corrected chi connectivity index (χ4v) is 2.42. The van der Waals surface area contributed by atoms with E-state index in [1.54, 1.807) is 30.3 Å². The molecule has 6 nitrogen and oxygen atoms in total. The molecule has 5 N–H and O–H groups in total. The lowest BCUT2D eigenvalue weighted by atomic mass is 10.1. The highest BCUT2D eigenvalue weighted by atomic mass is 16.2. The smallest absolute Gasteiger partial charge is 0.242 e. The molecule has 3 aromatic rings. The quantitative estimate of drug-likeness (QED) is 0.664. The van der Waals surface area contributed by atoms with Crippen molar-refractivity contribution in [2.75, 3.05) is 11.1 Å². The summed E-state index contributed by atoms with van der Waals surface area (Å²) in [5.74, 6) is 0.558. The normalized spacial score (nSPS) is 11.7. The predicted octanol–water partition coefficient (Wildman–Crippen LogP) is 2.23. The molecule has 0 saturated heterocycles. The Morgan fingerprint density at radius 2 is 1.60 bits per heavy atom. The third-order valence-corrected chi connectivity index (χ3v) is 3.67. The van der Waals surface area contributed by atoms with Crippen LogP contribution in [0.15, 0.2) is 66.7 Å². The lowest BCUT2D eigenvalue weighted by Gasteiger charge is -2.12. The van der Waals surface area contributed by atoms with Gasteiger partial charge in [-0.05, 0) is 36.2 Å². The second kappa shape index (κ2) is 7.55. The Morgan fingerprint density at radius 1 is 0.920 bits per heavy atom. The van der Waals surface area contributed by atoms with E-state index >= 15 is 0 Å². The summed E-state index contributed by atoms with van der Waals surface area (Å²) in [5, 5.41) is 2.75. The van der Waals surface area contributed by atoms with Gasteiger partial charge in [-0.25, -0.2) is 9.97 Å². The van der Waals surface area contributed by atoms with Gasteiger partial charge in [0, 0.05) is 0 Å². The first-order valence-electron chi connectivity index (χ1n) is 7.92. The van der Waals surface area contributed by atoms with E-state index < -0.39 is 6.04 Å². The van der Waals surface area contributed by atoms with E-state index in [1.807, 2.05) is 36.4 Å². The van der Waals surface area contributed by atoms with Crippen LogP contribution < -0.4 is 16.8 Å². The Morgan fingerprint density at radius 3 is 2.32 bits per heavy atom. The summed E-state index contributed by atoms with van der Waals surface area (Å²) in [6, 6.07) is 19.6. The van der Waals surface area contributed by atoms with E-state index in [4.69, 9.17) is 11.5 Å². The van der Waals surface area contributed by atoms with Crippen molar-refractivity contribution in [3.63, 3.8) is 0 Å². The summed E-state index contributed by atoms with van der Waals surface area (Å²) < 4.78 is 0. The number of hydrogen-bond donors (Lipinski definition) is 3. The maximum Gasteiger partial charge on any atom is 0.242 e. The molecular formula is C19H19N5O. The Bertz CT molecular complexity index is 866. The number of nitrogen functional groups attached to an aromatic ring is 1. The van der Waals surface area contributed by atoms with Gasteiger partial charge in [-0.3, -0.25) is 4.79 Å². The predicted molar refractivity (Wildman–Crippen MR) is 98.6 cm³/mol. The highest BCUT2D eigenvalue weighted by Gasteiger charge is 2.15. The van der Waals surface area contributed by atoms with Gasteiger partial charge in [0.2, 0.25) is 5.91 Å². The maximum absolute atomic E-state index is 12.3. The fraction of sp³-hybridized carbons (Fsp3) is 0.105. The number of rotatable bonds is 5. The van der Waals surface area contributed by atoms with Gasteiger partial charge in [-0.1, -0.05) is 42.5 Å². The Balaban J connectivity index is 1.70. The van der Waals surface area contributed by atoms with Crippen molar-refractivity contribution < 1.29 is 4.79 Å². The molecule has 0 saturated carbocycles. The van der Waals surface area contributed by atoms with E-state index in [1.165, 1.54) is 0 Å². The van der Waals surface area contributed by atoms with Crippen LogP contribution in [-0.2, 0) is 11.2 Å². The number of pyridine rings is 2. The highest BCUT2D eigenvalue weighted by molar-refractivity contribution is 5.94. The molecule has 126 valence electrons. The van der Waals surface area contributed by atoms with E-state index in [-0.39, 0.29) is 5.91 Å². The summed E-state index contributed by atoms with van der Waals surface area (Å²) >= 11 is 0. The average Bonchev–Trinajstić information content (AvgIpc) is 2.63. The van der Waals surface area contributed by atoms with Crippen LogP contribution in [0.3, 0.4) is 0 Å². The molecule has 0 bridgehead atoms. The molecule has 3 rings (SSSR count). The molecular weight excluding hydrogens is 314 g/mol. The topological polar surface area (TPSA) is 107 Å². The van der Waals surface area contributed by atoms with Gasteiger partial charge < -0.3 is 16.8 Å². The number of carbonyl (C=O) groups excluding carboxylic acids is 1. The van der Waals surface area contributed by atoms with Gasteiger partial charge in [-0.2, -0.15) is 0 Å². The fourth-order valence-electron chi connectivity index (χ4n) is 2.42. The van der Waals surface area contributed by atoms with Crippen molar-refractivity contribution in [1.82, 2.24) is 9.97 Å². The molecule has 0 unspecified atom stereocenters. The summed E-state index contributed by atoms with van der Waals surface area (Å²) in [5.41, 5.74) is 14.0. The molecule has 0 aliphatic heterocycles. The van der Waals surface area contributed by atoms with E-state index in [9.17, 15) is 4.79 Å². The van der Waals surface area contributed by atoms with Crippen molar-refractivity contribution in [1.29, 1.82) is 0 Å². The standard InChI is InChI=1S/C19H19N5O/c20-14(12-13-6-2-1-3-7-13)19(25)24-18-11-5-9-16(23-18)15-8-4-10-17(21)22-15/h1-11,14H,12,20H2,(H2,21,22)(H,23,24,25)/t14-/m0/s1. The number of carbonyl (C=O) groups is 1. The van der Waals surface area contributed by atoms with Gasteiger partial charge in [0.25, 0.3) is 0 Å². The number of nitrogens with two attached hydrogens (primary N) is 2. The van der Waals surface area contributed by atoms with Gasteiger partial charge in [0.1, 0.15) is 11.6 Å². The minimum absolute atomic E-state index is 0.283. The number of anilines is 2. The molecule has 0 radical (unpaired) electrons. The summed E-state index contributed by atoms with van der Waals surface area (Å²) in [4.78, 5) is 20.9. The van der Waals surface area contributed by atoms with Crippen LogP contribution in [0.25, 0.3) is 11.4 Å². The maximum atomic E-state index is 12.3. The Kier molecular flexibility index (Phi) is 5.01. The van der Waals surface area contributed by atoms with E-state index in [2.05, 4.69) is 15.3 Å². The monoisotopic (exact) mass is 333 g/mol. The van der Waals surface area contributed by atoms with Gasteiger partial charge in [-0.15, -0.1) is 0 Å². The van der Waals surface area contributed by atoms with Crippen LogP contribution in [0, 0.1) is 0 Å². The summed E-state index contributed by atoms with van der Waals surface area (Å²) in [7, 11) is 0. The summed E-state index contributed by atoms with van der Waals surface area (Å²) in [6.45, 7) is 0. The second-order valence-corrected chi connectivity index (χ2v) is 5.64. The molecule has 1 amide bonds. The average molecular weight is 333 g/mol. The number of amides is 1. The van der Waals surface area contributed by atoms with Crippen molar-refractivity contribution in [2.45, 2.75) is 12.5 Å². The zero-order valence-electron chi connectivity index (χ0n) is 13.6. The number of nitrogens with one attached hydrogen (secondary N) is 1. The number of benzene rings is 1. The lowest BCUT2D eigenvalue weighted by molar-refractivity contribution is -0.117. The zero-order chi connectivity index (χ0) is 17.6. The first-order chi connectivity index (χ1) is 12.1.